The molecular formula is C7H11N3O3. The molecule has 13 heavy (non-hydrogen) atoms. The third-order valence-electron chi connectivity index (χ3n) is 2.92. The summed E-state index contributed by atoms with van der Waals surface area (Å²) >= 11 is 0. The molecule has 0 unspecified atom stereocenters. The summed E-state index contributed by atoms with van der Waals surface area (Å²) in [6.07, 6.45) is -0.884. The van der Waals surface area contributed by atoms with Crippen LogP contribution in [-0.4, -0.2) is 40.2 Å². The number of hydrogen-bond donors (Lipinski definition) is 3. The van der Waals surface area contributed by atoms with Crippen molar-refractivity contribution in [3.8, 4) is 0 Å². The highest BCUT2D eigenvalue weighted by molar-refractivity contribution is 5.86. The first-order chi connectivity index (χ1) is 6.15. The van der Waals surface area contributed by atoms with Gasteiger partial charge in [-0.1, -0.05) is 5.16 Å². The molecule has 2 fully saturated rings. The fourth-order valence-corrected chi connectivity index (χ4v) is 2.19. The van der Waals surface area contributed by atoms with Gasteiger partial charge in [0.25, 0.3) is 0 Å². The second kappa shape index (κ2) is 2.51. The van der Waals surface area contributed by atoms with Crippen LogP contribution in [0.5, 0.6) is 0 Å². The summed E-state index contributed by atoms with van der Waals surface area (Å²) in [5, 5.41) is 20.0. The van der Waals surface area contributed by atoms with E-state index in [0.29, 0.717) is 13.1 Å². The molecule has 6 heteroatoms. The minimum atomic E-state index is -0.884. The van der Waals surface area contributed by atoms with Crippen molar-refractivity contribution >= 4 is 11.9 Å². The van der Waals surface area contributed by atoms with Crippen LogP contribution in [-0.2, 0) is 0 Å². The average molecular weight is 185 g/mol. The van der Waals surface area contributed by atoms with Gasteiger partial charge in [0.2, 0.25) is 0 Å². The van der Waals surface area contributed by atoms with Crippen LogP contribution < -0.4 is 5.73 Å². The molecule has 0 aromatic carbocycles. The number of amidine groups is 1. The lowest BCUT2D eigenvalue weighted by Gasteiger charge is -2.14. The predicted molar refractivity (Wildman–Crippen MR) is 43.5 cm³/mol. The molecule has 1 aliphatic heterocycles. The topological polar surface area (TPSA) is 99.2 Å². The summed E-state index contributed by atoms with van der Waals surface area (Å²) in [7, 11) is 0. The van der Waals surface area contributed by atoms with Gasteiger partial charge in [0.05, 0.1) is 0 Å². The van der Waals surface area contributed by atoms with Gasteiger partial charge in [0.1, 0.15) is 5.84 Å². The number of nitrogens with two attached hydrogens (primary N) is 1. The number of hydrogen-bond acceptors (Lipinski definition) is 3. The molecule has 0 aromatic rings. The molecular weight excluding hydrogens is 174 g/mol. The lowest BCUT2D eigenvalue weighted by Crippen LogP contribution is -2.32. The van der Waals surface area contributed by atoms with Crippen molar-refractivity contribution in [2.24, 2.45) is 28.6 Å². The summed E-state index contributed by atoms with van der Waals surface area (Å²) in [6.45, 7) is 1.03. The highest BCUT2D eigenvalue weighted by atomic mass is 16.4. The Bertz CT molecular complexity index is 266. The van der Waals surface area contributed by atoms with Gasteiger partial charge in [-0.2, -0.15) is 0 Å². The van der Waals surface area contributed by atoms with Gasteiger partial charge in [0.15, 0.2) is 0 Å². The fourth-order valence-electron chi connectivity index (χ4n) is 2.19. The van der Waals surface area contributed by atoms with Crippen LogP contribution in [0.15, 0.2) is 5.16 Å². The monoisotopic (exact) mass is 185 g/mol. The van der Waals surface area contributed by atoms with Gasteiger partial charge < -0.3 is 20.9 Å². The zero-order chi connectivity index (χ0) is 9.59. The van der Waals surface area contributed by atoms with Crippen LogP contribution in [0.25, 0.3) is 0 Å². The minimum absolute atomic E-state index is 0.0978. The van der Waals surface area contributed by atoms with Crippen LogP contribution in [0, 0.1) is 17.8 Å². The maximum absolute atomic E-state index is 10.5. The SMILES string of the molecule is N/C(=N/O)[C@H]1[C@@H]2CN(C(=O)O)C[C@@H]21. The summed E-state index contributed by atoms with van der Waals surface area (Å²) in [5.41, 5.74) is 5.42. The van der Waals surface area contributed by atoms with E-state index < -0.39 is 6.09 Å². The molecule has 72 valence electrons. The van der Waals surface area contributed by atoms with Crippen molar-refractivity contribution < 1.29 is 15.1 Å². The molecule has 6 nitrogen and oxygen atoms in total. The molecule has 0 spiro atoms. The average Bonchev–Trinajstić information content (AvgIpc) is 2.58. The quantitative estimate of drug-likeness (QED) is 0.224. The molecule has 2 rings (SSSR count). The molecule has 1 heterocycles. The van der Waals surface area contributed by atoms with Crippen LogP contribution in [0.4, 0.5) is 4.79 Å². The summed E-state index contributed by atoms with van der Waals surface area (Å²) in [6, 6.07) is 0. The lowest BCUT2D eigenvalue weighted by atomic mass is 10.2. The van der Waals surface area contributed by atoms with Gasteiger partial charge in [-0.3, -0.25) is 0 Å². The smallest absolute Gasteiger partial charge is 0.407 e. The Balaban J connectivity index is 1.94. The first kappa shape index (κ1) is 8.15. The van der Waals surface area contributed by atoms with E-state index in [1.165, 1.54) is 4.90 Å². The molecule has 1 saturated carbocycles. The maximum atomic E-state index is 10.5. The normalized spacial score (nSPS) is 37.4. The number of oxime groups is 1. The van der Waals surface area contributed by atoms with E-state index in [9.17, 15) is 4.79 Å². The summed E-state index contributed by atoms with van der Waals surface area (Å²) in [4.78, 5) is 11.9. The van der Waals surface area contributed by atoms with Gasteiger partial charge in [0, 0.05) is 19.0 Å². The van der Waals surface area contributed by atoms with E-state index in [1.54, 1.807) is 0 Å². The maximum Gasteiger partial charge on any atom is 0.407 e. The van der Waals surface area contributed by atoms with Gasteiger partial charge in [-0.15, -0.1) is 0 Å². The van der Waals surface area contributed by atoms with Crippen molar-refractivity contribution in [2.75, 3.05) is 13.1 Å². The predicted octanol–water partition coefficient (Wildman–Crippen LogP) is -0.411. The molecule has 3 atom stereocenters. The molecule has 0 bridgehead atoms. The number of nitrogens with zero attached hydrogens (tertiary/aromatic N) is 2. The summed E-state index contributed by atoms with van der Waals surface area (Å²) in [5.74, 6) is 0.875. The number of amides is 1. The Morgan fingerprint density at radius 2 is 2.00 bits per heavy atom. The summed E-state index contributed by atoms with van der Waals surface area (Å²) < 4.78 is 0. The van der Waals surface area contributed by atoms with Crippen LogP contribution >= 0.6 is 0 Å². The lowest BCUT2D eigenvalue weighted by molar-refractivity contribution is 0.149. The number of carboxylic acid groups (broad SMARTS) is 1. The number of carbonyl (C=O) groups is 1. The molecule has 2 aliphatic rings. The minimum Gasteiger partial charge on any atom is -0.465 e. The van der Waals surface area contributed by atoms with Crippen molar-refractivity contribution in [1.82, 2.24) is 4.90 Å². The highest BCUT2D eigenvalue weighted by Gasteiger charge is 2.58. The Kier molecular flexibility index (Phi) is 1.58. The van der Waals surface area contributed by atoms with Crippen LogP contribution in [0.3, 0.4) is 0 Å². The third-order valence-corrected chi connectivity index (χ3v) is 2.92. The number of fused-ring (bicyclic) bond motifs is 1. The van der Waals surface area contributed by atoms with Gasteiger partial charge in [-0.25, -0.2) is 4.79 Å². The molecule has 1 saturated heterocycles. The van der Waals surface area contributed by atoms with E-state index in [1.807, 2.05) is 0 Å². The van der Waals surface area contributed by atoms with Crippen molar-refractivity contribution in [3.05, 3.63) is 0 Å². The highest BCUT2D eigenvalue weighted by Crippen LogP contribution is 2.51. The second-order valence-electron chi connectivity index (χ2n) is 3.57. The van der Waals surface area contributed by atoms with Crippen LogP contribution in [0.1, 0.15) is 0 Å². The van der Waals surface area contributed by atoms with Crippen LogP contribution in [0.2, 0.25) is 0 Å². The first-order valence-electron chi connectivity index (χ1n) is 4.10. The zero-order valence-electron chi connectivity index (χ0n) is 6.92. The number of piperidine rings is 1. The largest absolute Gasteiger partial charge is 0.465 e. The Morgan fingerprint density at radius 1 is 1.46 bits per heavy atom. The molecule has 4 N–H and O–H groups in total. The van der Waals surface area contributed by atoms with Gasteiger partial charge >= 0.3 is 6.09 Å². The van der Waals surface area contributed by atoms with E-state index >= 15 is 0 Å². The van der Waals surface area contributed by atoms with Gasteiger partial charge in [-0.05, 0) is 11.8 Å². The molecule has 1 aliphatic carbocycles. The van der Waals surface area contributed by atoms with Crippen molar-refractivity contribution in [2.45, 2.75) is 0 Å². The van der Waals surface area contributed by atoms with Crippen molar-refractivity contribution in [1.29, 1.82) is 0 Å². The Hall–Kier alpha value is -1.46. The van der Waals surface area contributed by atoms with E-state index in [2.05, 4.69) is 5.16 Å². The fraction of sp³-hybridized carbons (Fsp3) is 0.714. The van der Waals surface area contributed by atoms with E-state index in [-0.39, 0.29) is 23.6 Å². The van der Waals surface area contributed by atoms with Crippen molar-refractivity contribution in [3.63, 3.8) is 0 Å². The zero-order valence-corrected chi connectivity index (χ0v) is 6.92. The number of rotatable bonds is 1. The standard InChI is InChI=1S/C7H11N3O3/c8-6(9-13)5-3-1-10(7(11)12)2-4(3)5/h3-5,13H,1-2H2,(H2,8,9)(H,11,12)/t3-,4+,5+. The Morgan fingerprint density at radius 3 is 2.38 bits per heavy atom. The molecule has 1 amide bonds. The Labute approximate surface area is 74.6 Å². The number of likely N-dealkylation sites (tertiary alicyclic amines) is 1. The first-order valence-corrected chi connectivity index (χ1v) is 4.10. The molecule has 0 aromatic heterocycles. The van der Waals surface area contributed by atoms with E-state index in [4.69, 9.17) is 16.0 Å². The molecule has 0 radical (unpaired) electrons. The third kappa shape index (κ3) is 1.09. The second-order valence-corrected chi connectivity index (χ2v) is 3.57. The van der Waals surface area contributed by atoms with E-state index in [0.717, 1.165) is 0 Å².